The van der Waals surface area contributed by atoms with Crippen molar-refractivity contribution in [1.82, 2.24) is 0 Å². The van der Waals surface area contributed by atoms with E-state index >= 15 is 0 Å². The quantitative estimate of drug-likeness (QED) is 0.402. The van der Waals surface area contributed by atoms with E-state index in [-0.39, 0.29) is 5.97 Å². The molecule has 3 nitrogen and oxygen atoms in total. The Hall–Kier alpha value is -0.830. The molecule has 0 rings (SSSR count). The maximum Gasteiger partial charge on any atom is 0.335 e. The van der Waals surface area contributed by atoms with Gasteiger partial charge < -0.3 is 4.74 Å². The highest BCUT2D eigenvalue weighted by molar-refractivity contribution is 5.88. The Morgan fingerprint density at radius 2 is 1.65 bits per heavy atom. The molecule has 0 saturated heterocycles. The summed E-state index contributed by atoms with van der Waals surface area (Å²) in [4.78, 5) is 11.8. The molecule has 0 fully saturated rings. The second-order valence-corrected chi connectivity index (χ2v) is 4.55. The summed E-state index contributed by atoms with van der Waals surface area (Å²) in [6.07, 6.45) is 6.00. The van der Waals surface area contributed by atoms with Crippen LogP contribution in [-0.2, 0) is 9.53 Å². The Kier molecular flexibility index (Phi) is 8.78. The summed E-state index contributed by atoms with van der Waals surface area (Å²) in [7, 11) is 0. The van der Waals surface area contributed by atoms with Gasteiger partial charge >= 0.3 is 5.97 Å². The molecule has 0 aromatic rings. The van der Waals surface area contributed by atoms with E-state index in [2.05, 4.69) is 13.8 Å². The molecule has 2 N–H and O–H groups in total. The summed E-state index contributed by atoms with van der Waals surface area (Å²) in [6, 6.07) is 0. The van der Waals surface area contributed by atoms with Crippen LogP contribution in [0.15, 0.2) is 11.1 Å². The second-order valence-electron chi connectivity index (χ2n) is 4.55. The molecule has 0 aromatic carbocycles. The lowest BCUT2D eigenvalue weighted by atomic mass is 9.98. The lowest BCUT2D eigenvalue weighted by molar-refractivity contribution is -0.143. The number of rotatable bonds is 8. The van der Waals surface area contributed by atoms with E-state index in [0.29, 0.717) is 0 Å². The maximum absolute atomic E-state index is 11.8. The maximum atomic E-state index is 11.8. The number of esters is 1. The first-order chi connectivity index (χ1) is 8.02. The standard InChI is InChI=1S/C14H27NO2/c1-5-7-9-13(10-8-6-2)11(3)14(16)17-12(4)15/h12H,5-10,15H2,1-4H3. The zero-order valence-corrected chi connectivity index (χ0v) is 11.7. The zero-order chi connectivity index (χ0) is 13.3. The number of allylic oxidation sites excluding steroid dienone is 1. The van der Waals surface area contributed by atoms with Gasteiger partial charge in [0.25, 0.3) is 0 Å². The summed E-state index contributed by atoms with van der Waals surface area (Å²) in [5.74, 6) is -0.262. The van der Waals surface area contributed by atoms with Crippen molar-refractivity contribution in [2.75, 3.05) is 0 Å². The van der Waals surface area contributed by atoms with Crippen molar-refractivity contribution in [3.63, 3.8) is 0 Å². The molecule has 0 aliphatic rings. The van der Waals surface area contributed by atoms with Crippen LogP contribution in [0.5, 0.6) is 0 Å². The van der Waals surface area contributed by atoms with E-state index in [1.54, 1.807) is 6.92 Å². The lowest BCUT2D eigenvalue weighted by Crippen LogP contribution is -2.24. The van der Waals surface area contributed by atoms with Crippen LogP contribution in [0.1, 0.15) is 66.2 Å². The van der Waals surface area contributed by atoms with Crippen molar-refractivity contribution in [2.45, 2.75) is 72.4 Å². The molecule has 1 unspecified atom stereocenters. The summed E-state index contributed by atoms with van der Waals surface area (Å²) in [5, 5.41) is 0. The van der Waals surface area contributed by atoms with Gasteiger partial charge in [0.1, 0.15) is 6.23 Å². The molecule has 0 aliphatic heterocycles. The van der Waals surface area contributed by atoms with Crippen LogP contribution in [0.4, 0.5) is 0 Å². The number of carbonyl (C=O) groups is 1. The van der Waals surface area contributed by atoms with E-state index in [1.807, 2.05) is 6.92 Å². The molecular weight excluding hydrogens is 214 g/mol. The largest absolute Gasteiger partial charge is 0.444 e. The minimum atomic E-state index is -0.531. The molecule has 17 heavy (non-hydrogen) atoms. The first kappa shape index (κ1) is 16.2. The molecule has 1 atom stereocenters. The van der Waals surface area contributed by atoms with Crippen LogP contribution in [0.25, 0.3) is 0 Å². The summed E-state index contributed by atoms with van der Waals surface area (Å²) in [6.45, 7) is 7.84. The van der Waals surface area contributed by atoms with Crippen molar-refractivity contribution in [2.24, 2.45) is 5.73 Å². The molecule has 0 aliphatic carbocycles. The van der Waals surface area contributed by atoms with Crippen LogP contribution >= 0.6 is 0 Å². The third-order valence-electron chi connectivity index (χ3n) is 2.79. The number of ether oxygens (including phenoxy) is 1. The number of hydrogen-bond acceptors (Lipinski definition) is 3. The third kappa shape index (κ3) is 7.16. The Bertz CT molecular complexity index is 247. The molecule has 0 radical (unpaired) electrons. The highest BCUT2D eigenvalue weighted by Gasteiger charge is 2.13. The lowest BCUT2D eigenvalue weighted by Gasteiger charge is -2.13. The van der Waals surface area contributed by atoms with Crippen LogP contribution in [0, 0.1) is 0 Å². The fourth-order valence-electron chi connectivity index (χ4n) is 1.68. The minimum Gasteiger partial charge on any atom is -0.444 e. The molecular formula is C14H27NO2. The molecule has 0 heterocycles. The minimum absolute atomic E-state index is 0.262. The van der Waals surface area contributed by atoms with Crippen LogP contribution in [0.2, 0.25) is 0 Å². The van der Waals surface area contributed by atoms with Gasteiger partial charge in [0, 0.05) is 5.57 Å². The predicted molar refractivity (Wildman–Crippen MR) is 71.5 cm³/mol. The fourth-order valence-corrected chi connectivity index (χ4v) is 1.68. The van der Waals surface area contributed by atoms with E-state index in [0.717, 1.165) is 44.1 Å². The average Bonchev–Trinajstić information content (AvgIpc) is 2.27. The molecule has 0 spiro atoms. The fraction of sp³-hybridized carbons (Fsp3) is 0.786. The van der Waals surface area contributed by atoms with Gasteiger partial charge in [-0.1, -0.05) is 32.3 Å². The number of hydrogen-bond donors (Lipinski definition) is 1. The predicted octanol–water partition coefficient (Wildman–Crippen LogP) is 3.53. The normalized spacial score (nSPS) is 12.1. The Morgan fingerprint density at radius 1 is 1.18 bits per heavy atom. The van der Waals surface area contributed by atoms with E-state index in [9.17, 15) is 4.79 Å². The van der Waals surface area contributed by atoms with Gasteiger partial charge in [-0.05, 0) is 39.5 Å². The van der Waals surface area contributed by atoms with Crippen LogP contribution < -0.4 is 5.73 Å². The summed E-state index contributed by atoms with van der Waals surface area (Å²) >= 11 is 0. The number of carbonyl (C=O) groups excluding carboxylic acids is 1. The van der Waals surface area contributed by atoms with Crippen molar-refractivity contribution in [3.05, 3.63) is 11.1 Å². The third-order valence-corrected chi connectivity index (χ3v) is 2.79. The van der Waals surface area contributed by atoms with E-state index < -0.39 is 6.23 Å². The van der Waals surface area contributed by atoms with Crippen LogP contribution in [-0.4, -0.2) is 12.2 Å². The topological polar surface area (TPSA) is 52.3 Å². The molecule has 0 saturated carbocycles. The molecule has 3 heteroatoms. The first-order valence-electron chi connectivity index (χ1n) is 6.68. The second kappa shape index (κ2) is 9.23. The van der Waals surface area contributed by atoms with Crippen molar-refractivity contribution in [1.29, 1.82) is 0 Å². The average molecular weight is 241 g/mol. The van der Waals surface area contributed by atoms with E-state index in [1.165, 1.54) is 5.57 Å². The Balaban J connectivity index is 4.61. The van der Waals surface area contributed by atoms with Gasteiger partial charge in [-0.25, -0.2) is 4.79 Å². The van der Waals surface area contributed by atoms with Gasteiger partial charge in [0.05, 0.1) is 0 Å². The van der Waals surface area contributed by atoms with Gasteiger partial charge in [-0.15, -0.1) is 0 Å². The highest BCUT2D eigenvalue weighted by atomic mass is 16.6. The summed E-state index contributed by atoms with van der Waals surface area (Å²) in [5.41, 5.74) is 7.46. The zero-order valence-electron chi connectivity index (χ0n) is 11.7. The van der Waals surface area contributed by atoms with Crippen LogP contribution in [0.3, 0.4) is 0 Å². The van der Waals surface area contributed by atoms with Gasteiger partial charge in [0.15, 0.2) is 0 Å². The SMILES string of the molecule is CCCCC(CCCC)=C(C)C(=O)OC(C)N. The van der Waals surface area contributed by atoms with Crippen molar-refractivity contribution in [3.8, 4) is 0 Å². The molecule has 100 valence electrons. The first-order valence-corrected chi connectivity index (χ1v) is 6.68. The van der Waals surface area contributed by atoms with Gasteiger partial charge in [-0.3, -0.25) is 5.73 Å². The Labute approximate surface area is 105 Å². The monoisotopic (exact) mass is 241 g/mol. The Morgan fingerprint density at radius 3 is 2.00 bits per heavy atom. The number of unbranched alkanes of at least 4 members (excludes halogenated alkanes) is 2. The smallest absolute Gasteiger partial charge is 0.335 e. The van der Waals surface area contributed by atoms with Crippen molar-refractivity contribution < 1.29 is 9.53 Å². The summed E-state index contributed by atoms with van der Waals surface area (Å²) < 4.78 is 5.03. The van der Waals surface area contributed by atoms with Crippen molar-refractivity contribution >= 4 is 5.97 Å². The highest BCUT2D eigenvalue weighted by Crippen LogP contribution is 2.20. The number of nitrogens with two attached hydrogens (primary N) is 1. The molecule has 0 aromatic heterocycles. The van der Waals surface area contributed by atoms with Gasteiger partial charge in [0.2, 0.25) is 0 Å². The molecule has 0 bridgehead atoms. The molecule has 0 amide bonds. The van der Waals surface area contributed by atoms with Gasteiger partial charge in [-0.2, -0.15) is 0 Å². The van der Waals surface area contributed by atoms with E-state index in [4.69, 9.17) is 10.5 Å².